The maximum Gasteiger partial charge on any atom is 0.128 e. The van der Waals surface area contributed by atoms with E-state index in [4.69, 9.17) is 14.7 Å². The number of aromatic nitrogens is 2. The second-order valence-electron chi connectivity index (χ2n) is 18.0. The zero-order valence-electron chi connectivity index (χ0n) is 34.8. The molecular weight excluding hydrogens is 705 g/mol. The maximum absolute atomic E-state index is 7.06. The van der Waals surface area contributed by atoms with Gasteiger partial charge in [0, 0.05) is 23.3 Å². The largest absolute Gasteiger partial charge is 0.457 e. The molecule has 0 amide bonds. The third-order valence-corrected chi connectivity index (χ3v) is 12.0. The molecular formula is C55H50N2O. The minimum absolute atomic E-state index is 0.0433. The molecule has 2 heterocycles. The molecule has 3 heteroatoms. The molecule has 0 spiro atoms. The average Bonchev–Trinajstić information content (AvgIpc) is 3.50. The predicted octanol–water partition coefficient (Wildman–Crippen LogP) is 14.3. The molecule has 0 aliphatic heterocycles. The summed E-state index contributed by atoms with van der Waals surface area (Å²) in [6, 6.07) is 52.8. The first kappa shape index (κ1) is 37.3. The number of benzene rings is 6. The molecule has 58 heavy (non-hydrogen) atoms. The predicted molar refractivity (Wildman–Crippen MR) is 241 cm³/mol. The molecule has 6 aromatic carbocycles. The van der Waals surface area contributed by atoms with Gasteiger partial charge in [-0.3, -0.25) is 9.97 Å². The number of hydrogen-bond donors (Lipinski definition) is 0. The molecule has 0 radical (unpaired) electrons. The van der Waals surface area contributed by atoms with Crippen LogP contribution >= 0.6 is 0 Å². The van der Waals surface area contributed by atoms with Gasteiger partial charge >= 0.3 is 0 Å². The van der Waals surface area contributed by atoms with Crippen molar-refractivity contribution in [2.45, 2.75) is 71.6 Å². The number of aryl methyl sites for hydroxylation is 2. The van der Waals surface area contributed by atoms with Crippen LogP contribution in [0.2, 0.25) is 0 Å². The Morgan fingerprint density at radius 2 is 1.14 bits per heavy atom. The molecule has 2 aromatic heterocycles. The van der Waals surface area contributed by atoms with Crippen molar-refractivity contribution >= 4 is 10.8 Å². The van der Waals surface area contributed by atoms with Gasteiger partial charge in [-0.15, -0.1) is 0 Å². The van der Waals surface area contributed by atoms with Gasteiger partial charge in [0.2, 0.25) is 0 Å². The van der Waals surface area contributed by atoms with Crippen LogP contribution in [0.4, 0.5) is 0 Å². The summed E-state index contributed by atoms with van der Waals surface area (Å²) in [4.78, 5) is 10.1. The van der Waals surface area contributed by atoms with Gasteiger partial charge in [0.05, 0.1) is 16.8 Å². The average molecular weight is 755 g/mol. The minimum atomic E-state index is -0.689. The summed E-state index contributed by atoms with van der Waals surface area (Å²) < 4.78 is 7.06. The van der Waals surface area contributed by atoms with Gasteiger partial charge in [-0.1, -0.05) is 139 Å². The molecule has 0 saturated carbocycles. The second kappa shape index (κ2) is 14.0. The van der Waals surface area contributed by atoms with Crippen LogP contribution in [0.3, 0.4) is 0 Å². The second-order valence-corrected chi connectivity index (χ2v) is 18.0. The molecule has 0 atom stereocenters. The standard InChI is InChI=1S/C55H50N2O/c1-35-15-13-16-36(2)51(35)38-29-39(52-45-20-10-9-17-37(45)26-28-57-52)31-44(30-38)58-43-19-14-18-42(32-43)55(50-21-11-12-27-56-50)48-33-40(53(3,4)5)22-24-46(48)47-25-23-41(34-49(47)55)54(6,7)8/h9-34H,1-8H3. The van der Waals surface area contributed by atoms with Gasteiger partial charge in [0.25, 0.3) is 0 Å². The van der Waals surface area contributed by atoms with Crippen molar-refractivity contribution in [3.63, 3.8) is 0 Å². The van der Waals surface area contributed by atoms with Crippen molar-refractivity contribution in [2.75, 3.05) is 0 Å². The summed E-state index contributed by atoms with van der Waals surface area (Å²) in [5.41, 5.74) is 15.6. The minimum Gasteiger partial charge on any atom is -0.457 e. The summed E-state index contributed by atoms with van der Waals surface area (Å²) in [6.45, 7) is 18.1. The highest BCUT2D eigenvalue weighted by Gasteiger charge is 2.48. The van der Waals surface area contributed by atoms with E-state index in [9.17, 15) is 0 Å². The summed E-state index contributed by atoms with van der Waals surface area (Å²) >= 11 is 0. The third-order valence-electron chi connectivity index (χ3n) is 12.0. The lowest BCUT2D eigenvalue weighted by atomic mass is 9.68. The number of ether oxygens (including phenoxy) is 1. The normalized spacial score (nSPS) is 13.3. The van der Waals surface area contributed by atoms with Crippen molar-refractivity contribution < 1.29 is 4.74 Å². The Morgan fingerprint density at radius 3 is 1.79 bits per heavy atom. The van der Waals surface area contributed by atoms with E-state index in [2.05, 4.69) is 195 Å². The van der Waals surface area contributed by atoms with Gasteiger partial charge in [-0.25, -0.2) is 0 Å². The van der Waals surface area contributed by atoms with E-state index in [1.54, 1.807) is 0 Å². The molecule has 1 aliphatic carbocycles. The Bertz CT molecular complexity index is 2770. The molecule has 0 unspecified atom stereocenters. The van der Waals surface area contributed by atoms with Crippen molar-refractivity contribution in [3.8, 4) is 45.0 Å². The van der Waals surface area contributed by atoms with Gasteiger partial charge < -0.3 is 4.74 Å². The van der Waals surface area contributed by atoms with Crippen LogP contribution in [0, 0.1) is 13.8 Å². The Balaban J connectivity index is 1.27. The summed E-state index contributed by atoms with van der Waals surface area (Å²) in [6.07, 6.45) is 3.83. The van der Waals surface area contributed by atoms with Crippen molar-refractivity contribution in [1.82, 2.24) is 9.97 Å². The van der Waals surface area contributed by atoms with Gasteiger partial charge in [0.1, 0.15) is 11.5 Å². The van der Waals surface area contributed by atoms with Crippen LogP contribution in [0.25, 0.3) is 44.3 Å². The van der Waals surface area contributed by atoms with Crippen LogP contribution in [-0.2, 0) is 16.2 Å². The Hall–Kier alpha value is -6.32. The highest BCUT2D eigenvalue weighted by atomic mass is 16.5. The Kier molecular flexibility index (Phi) is 8.97. The lowest BCUT2D eigenvalue weighted by Crippen LogP contribution is -2.30. The Morgan fingerprint density at radius 1 is 0.500 bits per heavy atom. The number of rotatable bonds is 6. The van der Waals surface area contributed by atoms with Crippen LogP contribution in [-0.4, -0.2) is 9.97 Å². The first-order valence-electron chi connectivity index (χ1n) is 20.4. The van der Waals surface area contributed by atoms with Gasteiger partial charge in [-0.05, 0) is 140 Å². The highest BCUT2D eigenvalue weighted by molar-refractivity contribution is 5.95. The molecule has 1 aliphatic rings. The van der Waals surface area contributed by atoms with E-state index in [1.165, 1.54) is 50.1 Å². The van der Waals surface area contributed by atoms with Crippen LogP contribution < -0.4 is 4.74 Å². The van der Waals surface area contributed by atoms with Crippen molar-refractivity contribution in [2.24, 2.45) is 0 Å². The first-order valence-corrected chi connectivity index (χ1v) is 20.4. The molecule has 0 saturated heterocycles. The Labute approximate surface area is 343 Å². The van der Waals surface area contributed by atoms with Crippen LogP contribution in [0.1, 0.15) is 86.2 Å². The van der Waals surface area contributed by atoms with E-state index < -0.39 is 5.41 Å². The number of nitrogens with zero attached hydrogens (tertiary/aromatic N) is 2. The van der Waals surface area contributed by atoms with E-state index in [1.807, 2.05) is 18.5 Å². The molecule has 286 valence electrons. The lowest BCUT2D eigenvalue weighted by Gasteiger charge is -2.34. The fourth-order valence-electron chi connectivity index (χ4n) is 9.06. The summed E-state index contributed by atoms with van der Waals surface area (Å²) in [5, 5.41) is 2.26. The van der Waals surface area contributed by atoms with Crippen LogP contribution in [0.5, 0.6) is 11.5 Å². The zero-order chi connectivity index (χ0) is 40.4. The van der Waals surface area contributed by atoms with E-state index >= 15 is 0 Å². The topological polar surface area (TPSA) is 35.0 Å². The van der Waals surface area contributed by atoms with Crippen LogP contribution in [0.15, 0.2) is 158 Å². The monoisotopic (exact) mass is 754 g/mol. The highest BCUT2D eigenvalue weighted by Crippen LogP contribution is 2.57. The number of fused-ring (bicyclic) bond motifs is 4. The molecule has 9 rings (SSSR count). The SMILES string of the molecule is Cc1cccc(C)c1-c1cc(Oc2cccc(C3(c4ccccn4)c4cc(C(C)(C)C)ccc4-c4ccc(C(C)(C)C)cc43)c2)cc(-c2nccc3ccccc23)c1. The summed E-state index contributed by atoms with van der Waals surface area (Å²) in [7, 11) is 0. The fraction of sp³-hybridized carbons (Fsp3) is 0.200. The van der Waals surface area contributed by atoms with Crippen molar-refractivity contribution in [1.29, 1.82) is 0 Å². The molecule has 3 nitrogen and oxygen atoms in total. The first-order chi connectivity index (χ1) is 27.8. The van der Waals surface area contributed by atoms with E-state index in [0.29, 0.717) is 0 Å². The quantitative estimate of drug-likeness (QED) is 0.170. The summed E-state index contributed by atoms with van der Waals surface area (Å²) in [5.74, 6) is 1.52. The third kappa shape index (κ3) is 6.30. The number of pyridine rings is 2. The lowest BCUT2D eigenvalue weighted by molar-refractivity contribution is 0.481. The maximum atomic E-state index is 7.06. The van der Waals surface area contributed by atoms with Gasteiger partial charge in [-0.2, -0.15) is 0 Å². The smallest absolute Gasteiger partial charge is 0.128 e. The molecule has 0 N–H and O–H groups in total. The molecule has 0 bridgehead atoms. The van der Waals surface area contributed by atoms with Gasteiger partial charge in [0.15, 0.2) is 0 Å². The zero-order valence-corrected chi connectivity index (χ0v) is 34.8. The number of hydrogen-bond acceptors (Lipinski definition) is 3. The van der Waals surface area contributed by atoms with E-state index in [0.717, 1.165) is 50.3 Å². The fourth-order valence-corrected chi connectivity index (χ4v) is 9.06. The van der Waals surface area contributed by atoms with E-state index in [-0.39, 0.29) is 10.8 Å². The molecule has 0 fully saturated rings. The van der Waals surface area contributed by atoms with Crippen molar-refractivity contribution in [3.05, 3.63) is 203 Å². The molecule has 8 aromatic rings.